The third kappa shape index (κ3) is 4.25. The number of thioether (sulfide) groups is 1. The summed E-state index contributed by atoms with van der Waals surface area (Å²) >= 11 is 1.21. The lowest BCUT2D eigenvalue weighted by Gasteiger charge is -2.23. The van der Waals surface area contributed by atoms with Gasteiger partial charge in [-0.05, 0) is 29.3 Å². The molecule has 29 heavy (non-hydrogen) atoms. The average Bonchev–Trinajstić information content (AvgIpc) is 2.76. The normalized spacial score (nSPS) is 13.7. The molecule has 1 aromatic heterocycles. The molecular weight excluding hydrogens is 384 g/mol. The van der Waals surface area contributed by atoms with Gasteiger partial charge in [0.15, 0.2) is 5.82 Å². The minimum absolute atomic E-state index is 0.100. The molecule has 0 fully saturated rings. The molecule has 1 aliphatic heterocycles. The number of benzene rings is 2. The van der Waals surface area contributed by atoms with Crippen molar-refractivity contribution >= 4 is 28.4 Å². The van der Waals surface area contributed by atoms with Gasteiger partial charge in [0.1, 0.15) is 0 Å². The molecule has 7 nitrogen and oxygen atoms in total. The number of rotatable bonds is 4. The summed E-state index contributed by atoms with van der Waals surface area (Å²) in [6.45, 7) is 0.342. The second kappa shape index (κ2) is 8.12. The highest BCUT2D eigenvalue weighted by Crippen LogP contribution is 2.23. The predicted octanol–water partition coefficient (Wildman–Crippen LogP) is 3.67. The number of nitrogens with two attached hydrogens (primary N) is 1. The van der Waals surface area contributed by atoms with E-state index in [9.17, 15) is 4.79 Å². The van der Waals surface area contributed by atoms with Gasteiger partial charge < -0.3 is 5.73 Å². The number of anilines is 1. The Morgan fingerprint density at radius 1 is 1.10 bits per heavy atom. The molecule has 2 heterocycles. The van der Waals surface area contributed by atoms with Gasteiger partial charge in [0, 0.05) is 11.3 Å². The van der Waals surface area contributed by atoms with E-state index in [0.717, 1.165) is 22.4 Å². The topological polar surface area (TPSA) is 108 Å². The molecule has 142 valence electrons. The van der Waals surface area contributed by atoms with Crippen molar-refractivity contribution in [2.45, 2.75) is 6.54 Å². The standard InChI is InChI=1S/C21H16N6OS/c22-9-14-4-6-16(7-5-14)19-13-29-21(28)27(26-19)12-15-2-1-3-17(8-15)20-24-10-18(23)11-25-20/h1-8,10-11H,12-13,23H2. The van der Waals surface area contributed by atoms with Crippen LogP contribution in [0.5, 0.6) is 0 Å². The molecular formula is C21H16N6OS. The number of hydrogen-bond donors (Lipinski definition) is 1. The van der Waals surface area contributed by atoms with Crippen molar-refractivity contribution in [3.8, 4) is 17.5 Å². The number of carbonyl (C=O) groups is 1. The Kier molecular flexibility index (Phi) is 5.22. The molecule has 0 aliphatic carbocycles. The molecule has 1 aliphatic rings. The smallest absolute Gasteiger partial charge is 0.302 e. The highest BCUT2D eigenvalue weighted by molar-refractivity contribution is 8.14. The average molecular weight is 400 g/mol. The molecule has 8 heteroatoms. The van der Waals surface area contributed by atoms with E-state index in [1.165, 1.54) is 16.8 Å². The van der Waals surface area contributed by atoms with Gasteiger partial charge in [-0.1, -0.05) is 42.1 Å². The molecule has 3 aromatic rings. The Bertz CT molecular complexity index is 1120. The number of nitriles is 1. The molecule has 0 radical (unpaired) electrons. The van der Waals surface area contributed by atoms with Gasteiger partial charge in [0.05, 0.1) is 42.0 Å². The summed E-state index contributed by atoms with van der Waals surface area (Å²) in [4.78, 5) is 20.9. The van der Waals surface area contributed by atoms with E-state index in [2.05, 4.69) is 21.1 Å². The minimum Gasteiger partial charge on any atom is -0.396 e. The van der Waals surface area contributed by atoms with Crippen molar-refractivity contribution in [3.63, 3.8) is 0 Å². The first-order valence-corrected chi connectivity index (χ1v) is 9.80. The second-order valence-electron chi connectivity index (χ2n) is 6.39. The minimum atomic E-state index is -0.100. The van der Waals surface area contributed by atoms with E-state index in [4.69, 9.17) is 11.0 Å². The van der Waals surface area contributed by atoms with Crippen LogP contribution in [0, 0.1) is 11.3 Å². The summed E-state index contributed by atoms with van der Waals surface area (Å²) in [5.74, 6) is 1.07. The van der Waals surface area contributed by atoms with E-state index in [-0.39, 0.29) is 5.24 Å². The summed E-state index contributed by atoms with van der Waals surface area (Å²) in [6, 6.07) is 17.0. The van der Waals surface area contributed by atoms with Crippen LogP contribution < -0.4 is 5.73 Å². The number of hydrazone groups is 1. The number of amides is 1. The van der Waals surface area contributed by atoms with Crippen LogP contribution in [0.2, 0.25) is 0 Å². The van der Waals surface area contributed by atoms with E-state index < -0.39 is 0 Å². The maximum Gasteiger partial charge on any atom is 0.302 e. The summed E-state index contributed by atoms with van der Waals surface area (Å²) in [5, 5.41) is 14.9. The fourth-order valence-corrected chi connectivity index (χ4v) is 3.61. The molecule has 2 N–H and O–H groups in total. The number of nitrogens with zero attached hydrogens (tertiary/aromatic N) is 5. The van der Waals surface area contributed by atoms with Gasteiger partial charge in [0.2, 0.25) is 0 Å². The third-order valence-electron chi connectivity index (χ3n) is 4.32. The van der Waals surface area contributed by atoms with Gasteiger partial charge in [0.25, 0.3) is 0 Å². The van der Waals surface area contributed by atoms with Crippen LogP contribution >= 0.6 is 11.8 Å². The molecule has 0 spiro atoms. The van der Waals surface area contributed by atoms with Crippen LogP contribution in [0.4, 0.5) is 10.5 Å². The zero-order valence-electron chi connectivity index (χ0n) is 15.3. The molecule has 1 amide bonds. The lowest BCUT2D eigenvalue weighted by molar-refractivity contribution is 0.222. The van der Waals surface area contributed by atoms with E-state index in [1.807, 2.05) is 36.4 Å². The summed E-state index contributed by atoms with van der Waals surface area (Å²) in [5.41, 5.74) is 10.2. The van der Waals surface area contributed by atoms with Crippen molar-refractivity contribution in [2.75, 3.05) is 11.5 Å². The molecule has 0 saturated carbocycles. The molecule has 2 aromatic carbocycles. The zero-order valence-corrected chi connectivity index (χ0v) is 16.1. The Hall–Kier alpha value is -3.70. The molecule has 0 saturated heterocycles. The quantitative estimate of drug-likeness (QED) is 0.716. The second-order valence-corrected chi connectivity index (χ2v) is 7.32. The van der Waals surface area contributed by atoms with Crippen molar-refractivity contribution in [1.29, 1.82) is 5.26 Å². The first kappa shape index (κ1) is 18.7. The monoisotopic (exact) mass is 400 g/mol. The van der Waals surface area contributed by atoms with E-state index in [1.54, 1.807) is 24.5 Å². The fourth-order valence-electron chi connectivity index (χ4n) is 2.87. The first-order valence-electron chi connectivity index (χ1n) is 8.81. The third-order valence-corrected chi connectivity index (χ3v) is 5.20. The molecule has 0 bridgehead atoms. The summed E-state index contributed by atoms with van der Waals surface area (Å²) in [7, 11) is 0. The summed E-state index contributed by atoms with van der Waals surface area (Å²) < 4.78 is 0. The highest BCUT2D eigenvalue weighted by atomic mass is 32.2. The summed E-state index contributed by atoms with van der Waals surface area (Å²) in [6.07, 6.45) is 3.13. The Labute approximate surface area is 171 Å². The van der Waals surface area contributed by atoms with Crippen molar-refractivity contribution in [1.82, 2.24) is 15.0 Å². The Morgan fingerprint density at radius 2 is 1.86 bits per heavy atom. The van der Waals surface area contributed by atoms with Crippen LogP contribution in [0.25, 0.3) is 11.4 Å². The van der Waals surface area contributed by atoms with Gasteiger partial charge >= 0.3 is 5.24 Å². The van der Waals surface area contributed by atoms with E-state index in [0.29, 0.717) is 29.4 Å². The lowest BCUT2D eigenvalue weighted by atomic mass is 10.1. The fraction of sp³-hybridized carbons (Fsp3) is 0.0952. The van der Waals surface area contributed by atoms with Gasteiger partial charge in [-0.3, -0.25) is 4.79 Å². The number of aromatic nitrogens is 2. The molecule has 4 rings (SSSR count). The Morgan fingerprint density at radius 3 is 2.59 bits per heavy atom. The van der Waals surface area contributed by atoms with Crippen LogP contribution in [0.15, 0.2) is 66.0 Å². The van der Waals surface area contributed by atoms with Crippen LogP contribution in [-0.4, -0.2) is 31.7 Å². The van der Waals surface area contributed by atoms with Gasteiger partial charge in [-0.25, -0.2) is 15.0 Å². The van der Waals surface area contributed by atoms with Crippen molar-refractivity contribution in [3.05, 3.63) is 77.6 Å². The SMILES string of the molecule is N#Cc1ccc(C2=NN(Cc3cccc(-c4ncc(N)cn4)c3)C(=O)SC2)cc1. The zero-order chi connectivity index (χ0) is 20.2. The maximum atomic E-state index is 12.4. The van der Waals surface area contributed by atoms with Crippen LogP contribution in [0.3, 0.4) is 0 Å². The molecule has 0 unspecified atom stereocenters. The first-order chi connectivity index (χ1) is 14.1. The van der Waals surface area contributed by atoms with Crippen LogP contribution in [-0.2, 0) is 6.54 Å². The number of nitrogen functional groups attached to an aromatic ring is 1. The predicted molar refractivity (Wildman–Crippen MR) is 113 cm³/mol. The number of hydrogen-bond acceptors (Lipinski definition) is 7. The number of carbonyl (C=O) groups excluding carboxylic acids is 1. The van der Waals surface area contributed by atoms with Crippen molar-refractivity contribution < 1.29 is 4.79 Å². The lowest BCUT2D eigenvalue weighted by Crippen LogP contribution is -2.29. The van der Waals surface area contributed by atoms with Crippen molar-refractivity contribution in [2.24, 2.45) is 5.10 Å². The van der Waals surface area contributed by atoms with Crippen LogP contribution in [0.1, 0.15) is 16.7 Å². The maximum absolute atomic E-state index is 12.4. The highest BCUT2D eigenvalue weighted by Gasteiger charge is 2.22. The van der Waals surface area contributed by atoms with Gasteiger partial charge in [-0.2, -0.15) is 10.4 Å². The molecule has 0 atom stereocenters. The van der Waals surface area contributed by atoms with E-state index >= 15 is 0 Å². The Balaban J connectivity index is 1.57. The largest absolute Gasteiger partial charge is 0.396 e. The van der Waals surface area contributed by atoms with Gasteiger partial charge in [-0.15, -0.1) is 0 Å².